The number of likely N-dealkylation sites (N-methyl/N-ethyl adjacent to an activating group) is 1. The molecule has 0 aliphatic carbocycles. The van der Waals surface area contributed by atoms with Crippen LogP contribution in [-0.2, 0) is 22.6 Å². The lowest BCUT2D eigenvalue weighted by Crippen LogP contribution is -2.42. The number of aromatic nitrogens is 1. The zero-order valence-corrected chi connectivity index (χ0v) is 22.1. The van der Waals surface area contributed by atoms with Crippen molar-refractivity contribution in [1.82, 2.24) is 4.98 Å². The van der Waals surface area contributed by atoms with Gasteiger partial charge in [-0.3, -0.25) is 9.78 Å². The maximum absolute atomic E-state index is 13.8. The Bertz CT molecular complexity index is 1350. The highest BCUT2D eigenvalue weighted by Crippen LogP contribution is 2.42. The molecule has 1 N–H and O–H groups in total. The van der Waals surface area contributed by atoms with Crippen LogP contribution in [0.5, 0.6) is 0 Å². The number of anilines is 2. The number of benzene rings is 2. The number of nitrogens with zero attached hydrogens (tertiary/aromatic N) is 3. The summed E-state index contributed by atoms with van der Waals surface area (Å²) >= 11 is 0. The average molecular weight is 566 g/mol. The number of aliphatic hydroxyl groups excluding tert-OH is 1. The number of hydrogen-bond acceptors (Lipinski definition) is 4. The third-order valence-electron chi connectivity index (χ3n) is 7.35. The maximum atomic E-state index is 13.8. The third-order valence-corrected chi connectivity index (χ3v) is 7.35. The fourth-order valence-electron chi connectivity index (χ4n) is 5.11. The highest BCUT2D eigenvalue weighted by molar-refractivity contribution is 6.03. The van der Waals surface area contributed by atoms with Crippen LogP contribution in [0.3, 0.4) is 0 Å². The van der Waals surface area contributed by atoms with Gasteiger partial charge in [-0.05, 0) is 68.7 Å². The summed E-state index contributed by atoms with van der Waals surface area (Å²) in [6.07, 6.45) is -6.84. The summed E-state index contributed by atoms with van der Waals surface area (Å²) in [6.45, 7) is 3.26. The van der Waals surface area contributed by atoms with Crippen LogP contribution in [0.1, 0.15) is 43.4 Å². The first kappa shape index (κ1) is 29.4. The van der Waals surface area contributed by atoms with E-state index in [1.807, 2.05) is 18.2 Å². The predicted molar refractivity (Wildman–Crippen MR) is 140 cm³/mol. The first-order valence-corrected chi connectivity index (χ1v) is 12.7. The number of carbonyl (C=O) groups is 1. The number of para-hydroxylation sites is 1. The Morgan fingerprint density at radius 2 is 1.57 bits per heavy atom. The van der Waals surface area contributed by atoms with Crippen molar-refractivity contribution in [3.05, 3.63) is 77.5 Å². The topological polar surface area (TPSA) is 56.7 Å². The monoisotopic (exact) mass is 565 g/mol. The highest BCUT2D eigenvalue weighted by atomic mass is 19.4. The summed E-state index contributed by atoms with van der Waals surface area (Å²) in [5.41, 5.74) is -2.94. The Hall–Kier alpha value is -3.60. The Kier molecular flexibility index (Phi) is 7.90. The smallest absolute Gasteiger partial charge is 0.394 e. The molecule has 1 fully saturated rings. The molecule has 0 saturated carbocycles. The van der Waals surface area contributed by atoms with E-state index in [-0.39, 0.29) is 18.7 Å². The molecule has 1 aromatic heterocycles. The number of pyridine rings is 1. The molecule has 11 heteroatoms. The zero-order chi connectivity index (χ0) is 29.5. The lowest BCUT2D eigenvalue weighted by atomic mass is 9.81. The van der Waals surface area contributed by atoms with E-state index in [1.54, 1.807) is 18.2 Å². The summed E-state index contributed by atoms with van der Waals surface area (Å²) in [7, 11) is 1.41. The second-order valence-electron chi connectivity index (χ2n) is 10.3. The number of carbonyl (C=O) groups excluding carboxylic acids is 1. The lowest BCUT2D eigenvalue weighted by molar-refractivity contribution is -0.143. The van der Waals surface area contributed by atoms with Crippen molar-refractivity contribution in [3.63, 3.8) is 0 Å². The van der Waals surface area contributed by atoms with Crippen molar-refractivity contribution in [1.29, 1.82) is 0 Å². The Morgan fingerprint density at radius 3 is 2.17 bits per heavy atom. The van der Waals surface area contributed by atoms with Gasteiger partial charge in [0.1, 0.15) is 0 Å². The van der Waals surface area contributed by atoms with E-state index >= 15 is 0 Å². The van der Waals surface area contributed by atoms with Crippen LogP contribution in [0.2, 0.25) is 0 Å². The maximum Gasteiger partial charge on any atom is 0.416 e. The van der Waals surface area contributed by atoms with Crippen molar-refractivity contribution in [2.75, 3.05) is 30.0 Å². The highest BCUT2D eigenvalue weighted by Gasteiger charge is 2.41. The van der Waals surface area contributed by atoms with E-state index in [4.69, 9.17) is 0 Å². The quantitative estimate of drug-likeness (QED) is 0.339. The molecule has 3 aromatic rings. The molecule has 5 nitrogen and oxygen atoms in total. The van der Waals surface area contributed by atoms with Crippen molar-refractivity contribution in [2.45, 2.75) is 50.5 Å². The third kappa shape index (κ3) is 5.65. The summed E-state index contributed by atoms with van der Waals surface area (Å²) in [6, 6.07) is 11.7. The summed E-state index contributed by atoms with van der Waals surface area (Å²) in [4.78, 5) is 21.6. The van der Waals surface area contributed by atoms with E-state index in [0.29, 0.717) is 35.6 Å². The molecular formula is C29H29F6N3O2. The second kappa shape index (κ2) is 10.8. The molecule has 4 rings (SSSR count). The van der Waals surface area contributed by atoms with E-state index in [1.165, 1.54) is 32.0 Å². The van der Waals surface area contributed by atoms with Gasteiger partial charge in [0.25, 0.3) is 0 Å². The number of amides is 1. The molecule has 0 radical (unpaired) electrons. The average Bonchev–Trinajstić information content (AvgIpc) is 3.40. The molecule has 1 amide bonds. The van der Waals surface area contributed by atoms with Crippen LogP contribution in [0, 0.1) is 0 Å². The van der Waals surface area contributed by atoms with Crippen LogP contribution in [0.25, 0.3) is 11.3 Å². The van der Waals surface area contributed by atoms with Gasteiger partial charge in [-0.2, -0.15) is 26.3 Å². The van der Waals surface area contributed by atoms with Crippen molar-refractivity contribution in [2.24, 2.45) is 0 Å². The Labute approximate surface area is 228 Å². The summed E-state index contributed by atoms with van der Waals surface area (Å²) < 4.78 is 81.1. The molecule has 2 aromatic carbocycles. The minimum Gasteiger partial charge on any atom is -0.394 e. The zero-order valence-electron chi connectivity index (χ0n) is 22.1. The molecule has 1 aliphatic rings. The predicted octanol–water partition coefficient (Wildman–Crippen LogP) is 6.69. The summed E-state index contributed by atoms with van der Waals surface area (Å²) in [5.74, 6) is -0.721. The van der Waals surface area contributed by atoms with Gasteiger partial charge < -0.3 is 14.9 Å². The number of hydrogen-bond donors (Lipinski definition) is 1. The van der Waals surface area contributed by atoms with Crippen LogP contribution < -0.4 is 9.80 Å². The Morgan fingerprint density at radius 1 is 0.975 bits per heavy atom. The van der Waals surface area contributed by atoms with Gasteiger partial charge in [0.15, 0.2) is 0 Å². The molecule has 0 unspecified atom stereocenters. The molecule has 1 aliphatic heterocycles. The molecule has 214 valence electrons. The number of rotatable bonds is 6. The van der Waals surface area contributed by atoms with Gasteiger partial charge in [0.2, 0.25) is 5.91 Å². The fourth-order valence-corrected chi connectivity index (χ4v) is 5.11. The molecule has 1 atom stereocenters. The van der Waals surface area contributed by atoms with Gasteiger partial charge in [0, 0.05) is 31.0 Å². The number of halogens is 6. The van der Waals surface area contributed by atoms with Gasteiger partial charge in [0.05, 0.1) is 40.6 Å². The molecule has 0 spiro atoms. The normalized spacial score (nSPS) is 16.4. The first-order valence-electron chi connectivity index (χ1n) is 12.7. The molecule has 0 bridgehead atoms. The fraction of sp³-hybridized carbons (Fsp3) is 0.379. The summed E-state index contributed by atoms with van der Waals surface area (Å²) in [5, 5.41) is 9.86. The van der Waals surface area contributed by atoms with E-state index < -0.39 is 40.4 Å². The minimum atomic E-state index is -5.04. The molecule has 1 saturated heterocycles. The van der Waals surface area contributed by atoms with E-state index in [2.05, 4.69) is 9.88 Å². The van der Waals surface area contributed by atoms with Crippen molar-refractivity contribution >= 4 is 17.3 Å². The van der Waals surface area contributed by atoms with E-state index in [9.17, 15) is 36.2 Å². The van der Waals surface area contributed by atoms with Crippen molar-refractivity contribution < 1.29 is 36.2 Å². The first-order chi connectivity index (χ1) is 18.7. The largest absolute Gasteiger partial charge is 0.416 e. The molecular weight excluding hydrogens is 536 g/mol. The second-order valence-corrected chi connectivity index (χ2v) is 10.3. The van der Waals surface area contributed by atoms with Crippen molar-refractivity contribution in [3.8, 4) is 11.3 Å². The van der Waals surface area contributed by atoms with Gasteiger partial charge in [-0.15, -0.1) is 0 Å². The van der Waals surface area contributed by atoms with Crippen LogP contribution in [0.4, 0.5) is 37.7 Å². The van der Waals surface area contributed by atoms with Gasteiger partial charge in [-0.25, -0.2) is 0 Å². The van der Waals surface area contributed by atoms with Gasteiger partial charge >= 0.3 is 12.4 Å². The number of alkyl halides is 6. The van der Waals surface area contributed by atoms with Crippen LogP contribution in [-0.4, -0.2) is 42.2 Å². The standard InChI is InChI=1S/C29H29F6N3O2/c1-27(2,18-14-19(28(30,31)32)16-20(15-18)29(33,34)35)26(40)37(3)24-11-6-12-36-25(24)22-9-4-5-10-23(22)38-13-7-8-21(38)17-39/h4-6,9-12,14-16,21,39H,7-8,13,17H2,1-3H3/t21-/m0/s1. The number of aliphatic hydroxyl groups is 1. The van der Waals surface area contributed by atoms with Gasteiger partial charge in [-0.1, -0.05) is 18.2 Å². The lowest BCUT2D eigenvalue weighted by Gasteiger charge is -2.32. The molecule has 40 heavy (non-hydrogen) atoms. The van der Waals surface area contributed by atoms with Crippen LogP contribution >= 0.6 is 0 Å². The SMILES string of the molecule is CN(C(=O)C(C)(C)c1cc(C(F)(F)F)cc(C(F)(F)F)c1)c1cccnc1-c1ccccc1N1CCC[C@H]1CO. The minimum absolute atomic E-state index is 0.0348. The Balaban J connectivity index is 1.78. The van der Waals surface area contributed by atoms with Crippen LogP contribution in [0.15, 0.2) is 60.8 Å². The molecule has 2 heterocycles. The van der Waals surface area contributed by atoms with E-state index in [0.717, 1.165) is 18.5 Å².